The van der Waals surface area contributed by atoms with Crippen LogP contribution in [0.5, 0.6) is 5.75 Å². The SMILES string of the molecule is CC(C)(O)COc1ccc(CNC2CC2)cc1Cl. The van der Waals surface area contributed by atoms with E-state index in [1.807, 2.05) is 18.2 Å². The van der Waals surface area contributed by atoms with Crippen molar-refractivity contribution < 1.29 is 9.84 Å². The lowest BCUT2D eigenvalue weighted by Gasteiger charge is -2.18. The molecular weight excluding hydrogens is 250 g/mol. The molecule has 2 rings (SSSR count). The van der Waals surface area contributed by atoms with Crippen LogP contribution in [0.2, 0.25) is 5.02 Å². The van der Waals surface area contributed by atoms with Gasteiger partial charge in [-0.3, -0.25) is 0 Å². The van der Waals surface area contributed by atoms with Crippen molar-refractivity contribution in [1.82, 2.24) is 5.32 Å². The average molecular weight is 270 g/mol. The van der Waals surface area contributed by atoms with Gasteiger partial charge in [0.15, 0.2) is 0 Å². The molecule has 2 N–H and O–H groups in total. The van der Waals surface area contributed by atoms with Gasteiger partial charge in [0.2, 0.25) is 0 Å². The zero-order valence-corrected chi connectivity index (χ0v) is 11.6. The van der Waals surface area contributed by atoms with Gasteiger partial charge < -0.3 is 15.2 Å². The Kier molecular flexibility index (Phi) is 4.15. The van der Waals surface area contributed by atoms with Crippen molar-refractivity contribution >= 4 is 11.6 Å². The average Bonchev–Trinajstić information content (AvgIpc) is 3.07. The molecule has 3 nitrogen and oxygen atoms in total. The van der Waals surface area contributed by atoms with Crippen LogP contribution in [0.1, 0.15) is 32.3 Å². The third kappa shape index (κ3) is 4.48. The quantitative estimate of drug-likeness (QED) is 0.834. The molecule has 0 radical (unpaired) electrons. The molecule has 0 atom stereocenters. The van der Waals surface area contributed by atoms with Gasteiger partial charge in [0.25, 0.3) is 0 Å². The first-order valence-corrected chi connectivity index (χ1v) is 6.69. The number of hydrogen-bond acceptors (Lipinski definition) is 3. The molecule has 1 saturated carbocycles. The Bertz CT molecular complexity index is 411. The second-order valence-corrected chi connectivity index (χ2v) is 5.93. The highest BCUT2D eigenvalue weighted by molar-refractivity contribution is 6.32. The Morgan fingerprint density at radius 2 is 2.17 bits per heavy atom. The molecule has 1 aliphatic rings. The van der Waals surface area contributed by atoms with Crippen LogP contribution < -0.4 is 10.1 Å². The van der Waals surface area contributed by atoms with Crippen LogP contribution in [0.25, 0.3) is 0 Å². The highest BCUT2D eigenvalue weighted by Gasteiger charge is 2.20. The normalized spacial score (nSPS) is 15.8. The molecule has 0 saturated heterocycles. The lowest BCUT2D eigenvalue weighted by molar-refractivity contribution is 0.0285. The zero-order chi connectivity index (χ0) is 13.2. The summed E-state index contributed by atoms with van der Waals surface area (Å²) in [7, 11) is 0. The molecular formula is C14H20ClNO2. The zero-order valence-electron chi connectivity index (χ0n) is 10.9. The first-order chi connectivity index (χ1) is 8.44. The highest BCUT2D eigenvalue weighted by Crippen LogP contribution is 2.27. The summed E-state index contributed by atoms with van der Waals surface area (Å²) < 4.78 is 5.49. The van der Waals surface area contributed by atoms with E-state index in [1.54, 1.807) is 13.8 Å². The Morgan fingerprint density at radius 3 is 2.72 bits per heavy atom. The molecule has 100 valence electrons. The Labute approximate surface area is 113 Å². The summed E-state index contributed by atoms with van der Waals surface area (Å²) in [5.74, 6) is 0.619. The minimum atomic E-state index is -0.852. The number of halogens is 1. The van der Waals surface area contributed by atoms with Crippen LogP contribution in [-0.2, 0) is 6.54 Å². The van der Waals surface area contributed by atoms with Crippen LogP contribution in [-0.4, -0.2) is 23.4 Å². The maximum Gasteiger partial charge on any atom is 0.138 e. The molecule has 1 fully saturated rings. The third-order valence-corrected chi connectivity index (χ3v) is 3.04. The highest BCUT2D eigenvalue weighted by atomic mass is 35.5. The molecule has 1 aromatic rings. The summed E-state index contributed by atoms with van der Waals surface area (Å²) in [5.41, 5.74) is 0.303. The van der Waals surface area contributed by atoms with Gasteiger partial charge in [-0.25, -0.2) is 0 Å². The Hall–Kier alpha value is -0.770. The van der Waals surface area contributed by atoms with E-state index < -0.39 is 5.60 Å². The Morgan fingerprint density at radius 1 is 1.44 bits per heavy atom. The van der Waals surface area contributed by atoms with Crippen LogP contribution in [0.15, 0.2) is 18.2 Å². The van der Waals surface area contributed by atoms with Crippen LogP contribution >= 0.6 is 11.6 Å². The van der Waals surface area contributed by atoms with E-state index in [0.29, 0.717) is 16.8 Å². The third-order valence-electron chi connectivity index (χ3n) is 2.75. The molecule has 1 aliphatic carbocycles. The lowest BCUT2D eigenvalue weighted by atomic mass is 10.1. The van der Waals surface area contributed by atoms with E-state index >= 15 is 0 Å². The first-order valence-electron chi connectivity index (χ1n) is 6.31. The van der Waals surface area contributed by atoms with Crippen molar-refractivity contribution in [3.63, 3.8) is 0 Å². The van der Waals surface area contributed by atoms with Crippen LogP contribution in [0, 0.1) is 0 Å². The van der Waals surface area contributed by atoms with E-state index in [-0.39, 0.29) is 6.61 Å². The van der Waals surface area contributed by atoms with Gasteiger partial charge in [0.1, 0.15) is 12.4 Å². The number of benzene rings is 1. The van der Waals surface area contributed by atoms with Crippen molar-refractivity contribution in [1.29, 1.82) is 0 Å². The summed E-state index contributed by atoms with van der Waals surface area (Å²) in [6.07, 6.45) is 2.56. The van der Waals surface area contributed by atoms with Gasteiger partial charge in [0.05, 0.1) is 10.6 Å². The van der Waals surface area contributed by atoms with E-state index in [9.17, 15) is 5.11 Å². The molecule has 0 aromatic heterocycles. The van der Waals surface area contributed by atoms with E-state index in [1.165, 1.54) is 12.8 Å². The molecule has 4 heteroatoms. The van der Waals surface area contributed by atoms with Crippen molar-refractivity contribution in [3.8, 4) is 5.75 Å². The predicted molar refractivity (Wildman–Crippen MR) is 73.1 cm³/mol. The van der Waals surface area contributed by atoms with E-state index in [2.05, 4.69) is 5.32 Å². The fraction of sp³-hybridized carbons (Fsp3) is 0.571. The molecule has 0 unspecified atom stereocenters. The minimum absolute atomic E-state index is 0.229. The van der Waals surface area contributed by atoms with Crippen molar-refractivity contribution in [2.24, 2.45) is 0 Å². The summed E-state index contributed by atoms with van der Waals surface area (Å²) in [4.78, 5) is 0. The maximum absolute atomic E-state index is 9.60. The second kappa shape index (κ2) is 5.47. The van der Waals surface area contributed by atoms with Gasteiger partial charge in [0, 0.05) is 12.6 Å². The topological polar surface area (TPSA) is 41.5 Å². The number of aliphatic hydroxyl groups is 1. The standard InChI is InChI=1S/C14H20ClNO2/c1-14(2,17)9-18-13-6-3-10(7-12(13)15)8-16-11-4-5-11/h3,6-7,11,16-17H,4-5,8-9H2,1-2H3. The number of nitrogens with one attached hydrogen (secondary N) is 1. The fourth-order valence-electron chi connectivity index (χ4n) is 1.58. The van der Waals surface area contributed by atoms with Gasteiger partial charge in [-0.1, -0.05) is 17.7 Å². The molecule has 0 heterocycles. The molecule has 0 bridgehead atoms. The van der Waals surface area contributed by atoms with E-state index in [0.717, 1.165) is 12.1 Å². The van der Waals surface area contributed by atoms with E-state index in [4.69, 9.17) is 16.3 Å². The predicted octanol–water partition coefficient (Wildman–Crippen LogP) is 2.74. The maximum atomic E-state index is 9.60. The summed E-state index contributed by atoms with van der Waals surface area (Å²) in [5, 5.41) is 13.6. The van der Waals surface area contributed by atoms with Gasteiger partial charge in [-0.05, 0) is 44.4 Å². The number of hydrogen-bond donors (Lipinski definition) is 2. The Balaban J connectivity index is 1.91. The molecule has 0 aliphatic heterocycles. The largest absolute Gasteiger partial charge is 0.489 e. The minimum Gasteiger partial charge on any atom is -0.489 e. The molecule has 0 amide bonds. The number of rotatable bonds is 6. The van der Waals surface area contributed by atoms with Crippen LogP contribution in [0.4, 0.5) is 0 Å². The lowest BCUT2D eigenvalue weighted by Crippen LogP contribution is -2.27. The van der Waals surface area contributed by atoms with Gasteiger partial charge in [-0.15, -0.1) is 0 Å². The first kappa shape index (κ1) is 13.7. The molecule has 0 spiro atoms. The summed E-state index contributed by atoms with van der Waals surface area (Å²) in [6, 6.07) is 6.46. The molecule has 18 heavy (non-hydrogen) atoms. The van der Waals surface area contributed by atoms with Gasteiger partial charge in [-0.2, -0.15) is 0 Å². The van der Waals surface area contributed by atoms with Crippen LogP contribution in [0.3, 0.4) is 0 Å². The van der Waals surface area contributed by atoms with Crippen molar-refractivity contribution in [2.45, 2.75) is 44.9 Å². The molecule has 1 aromatic carbocycles. The number of ether oxygens (including phenoxy) is 1. The smallest absolute Gasteiger partial charge is 0.138 e. The second-order valence-electron chi connectivity index (χ2n) is 5.52. The fourth-order valence-corrected chi connectivity index (χ4v) is 1.83. The van der Waals surface area contributed by atoms with Crippen molar-refractivity contribution in [2.75, 3.05) is 6.61 Å². The van der Waals surface area contributed by atoms with Gasteiger partial charge >= 0.3 is 0 Å². The monoisotopic (exact) mass is 269 g/mol. The summed E-state index contributed by atoms with van der Waals surface area (Å²) in [6.45, 7) is 4.48. The summed E-state index contributed by atoms with van der Waals surface area (Å²) >= 11 is 6.15. The van der Waals surface area contributed by atoms with Crippen molar-refractivity contribution in [3.05, 3.63) is 28.8 Å².